The Morgan fingerprint density at radius 1 is 0.436 bits per heavy atom. The minimum Gasteiger partial charge on any atom is -0.264 e. The van der Waals surface area contributed by atoms with Gasteiger partial charge in [0.2, 0.25) is 0 Å². The van der Waals surface area contributed by atoms with Crippen LogP contribution in [0.4, 0.5) is 0 Å². The van der Waals surface area contributed by atoms with Gasteiger partial charge in [-0.25, -0.2) is 0 Å². The molecule has 0 N–H and O–H groups in total. The van der Waals surface area contributed by atoms with Crippen molar-refractivity contribution >= 4 is 0 Å². The van der Waals surface area contributed by atoms with E-state index in [0.29, 0.717) is 0 Å². The molecule has 0 aromatic heterocycles. The van der Waals surface area contributed by atoms with Crippen LogP contribution >= 0.6 is 0 Å². The highest BCUT2D eigenvalue weighted by molar-refractivity contribution is 5.16. The molecule has 0 heterocycles. The average molecular weight is 531 g/mol. The number of rotatable bonds is 24. The largest absolute Gasteiger partial charge is 0.264 e. The van der Waals surface area contributed by atoms with E-state index in [1.165, 1.54) is 127 Å². The predicted octanol–water partition coefficient (Wildman–Crippen LogP) is 12.3. The molecule has 0 aliphatic carbocycles. The van der Waals surface area contributed by atoms with Gasteiger partial charge >= 0.3 is 0 Å². The second-order valence-corrected chi connectivity index (χ2v) is 11.7. The van der Waals surface area contributed by atoms with E-state index in [4.69, 9.17) is 0 Å². The monoisotopic (exact) mass is 530 g/mol. The number of benzene rings is 2. The summed E-state index contributed by atoms with van der Waals surface area (Å²) in [5.41, 5.74) is 2.81. The molecule has 0 bridgehead atoms. The molecule has 2 rings (SSSR count). The average Bonchev–Trinajstić information content (AvgIpc) is 2.96. The highest BCUT2D eigenvalue weighted by Gasteiger charge is 2.23. The summed E-state index contributed by atoms with van der Waals surface area (Å²) in [6.07, 6.45) is 34.4. The van der Waals surface area contributed by atoms with E-state index in [1.54, 1.807) is 0 Å². The van der Waals surface area contributed by atoms with E-state index >= 15 is 0 Å². The summed E-state index contributed by atoms with van der Waals surface area (Å²) in [7, 11) is 0. The van der Waals surface area contributed by atoms with Crippen LogP contribution in [-0.4, -0.2) is 4.48 Å². The second-order valence-electron chi connectivity index (χ2n) is 11.7. The van der Waals surface area contributed by atoms with Crippen molar-refractivity contribution in [1.29, 1.82) is 0 Å². The number of nitrogens with zero attached hydrogens (tertiary/aromatic N) is 1. The maximum absolute atomic E-state index is 2.51. The maximum Gasteiger partial charge on any atom is 0.113 e. The van der Waals surface area contributed by atoms with Crippen molar-refractivity contribution in [2.75, 3.05) is 0 Å². The van der Waals surface area contributed by atoms with Gasteiger partial charge in [0.05, 0.1) is 12.4 Å². The first kappa shape index (κ1) is 33.1. The fraction of sp³-hybridized carbons (Fsp3) is 0.579. The van der Waals surface area contributed by atoms with Gasteiger partial charge in [-0.1, -0.05) is 164 Å². The van der Waals surface area contributed by atoms with Crippen LogP contribution in [0.2, 0.25) is 0 Å². The Balaban J connectivity index is 1.99. The Labute approximate surface area is 243 Å². The van der Waals surface area contributed by atoms with E-state index in [1.807, 2.05) is 0 Å². The van der Waals surface area contributed by atoms with Crippen LogP contribution in [0, 0.1) is 0 Å². The molecular weight excluding hydrogens is 470 g/mol. The topological polar surface area (TPSA) is 0 Å². The van der Waals surface area contributed by atoms with Crippen molar-refractivity contribution in [3.63, 3.8) is 0 Å². The molecular formula is C38H60N+. The Hall–Kier alpha value is -2.12. The maximum atomic E-state index is 2.51. The van der Waals surface area contributed by atoms with Crippen LogP contribution in [0.5, 0.6) is 0 Å². The molecule has 0 aliphatic heterocycles. The molecule has 1 nitrogen and oxygen atoms in total. The van der Waals surface area contributed by atoms with Crippen molar-refractivity contribution in [2.24, 2.45) is 0 Å². The normalized spacial score (nSPS) is 12.2. The molecule has 0 amide bonds. The molecule has 2 aromatic carbocycles. The summed E-state index contributed by atoms with van der Waals surface area (Å²) in [5.74, 6) is 0. The van der Waals surface area contributed by atoms with E-state index in [9.17, 15) is 0 Å². The molecule has 0 atom stereocenters. The third-order valence-electron chi connectivity index (χ3n) is 7.89. The Kier molecular flexibility index (Phi) is 19.2. The van der Waals surface area contributed by atoms with Gasteiger partial charge < -0.3 is 0 Å². The Bertz CT molecular complexity index is 777. The first-order chi connectivity index (χ1) is 19.3. The third kappa shape index (κ3) is 16.6. The van der Waals surface area contributed by atoms with Crippen LogP contribution in [0.15, 0.2) is 85.2 Å². The fourth-order valence-corrected chi connectivity index (χ4v) is 5.52. The first-order valence-corrected chi connectivity index (χ1v) is 16.6. The van der Waals surface area contributed by atoms with Crippen molar-refractivity contribution < 1.29 is 4.48 Å². The number of unbranched alkanes of at least 4 members (excludes halogenated alkanes) is 16. The molecule has 0 aliphatic rings. The molecule has 0 saturated heterocycles. The zero-order valence-electron chi connectivity index (χ0n) is 25.7. The van der Waals surface area contributed by atoms with Gasteiger partial charge in [0, 0.05) is 11.1 Å². The molecule has 0 spiro atoms. The van der Waals surface area contributed by atoms with Gasteiger partial charge in [-0.2, -0.15) is 0 Å². The number of hydrogen-bond donors (Lipinski definition) is 0. The third-order valence-corrected chi connectivity index (χ3v) is 7.89. The molecule has 0 fully saturated rings. The lowest BCUT2D eigenvalue weighted by Gasteiger charge is -2.31. The van der Waals surface area contributed by atoms with Gasteiger partial charge in [0.25, 0.3) is 0 Å². The number of hydrogen-bond acceptors (Lipinski definition) is 0. The lowest BCUT2D eigenvalue weighted by molar-refractivity contribution is -0.856. The fourth-order valence-electron chi connectivity index (χ4n) is 5.52. The van der Waals surface area contributed by atoms with Crippen molar-refractivity contribution in [2.45, 2.75) is 143 Å². The highest BCUT2D eigenvalue weighted by Crippen LogP contribution is 2.24. The zero-order valence-corrected chi connectivity index (χ0v) is 25.7. The van der Waals surface area contributed by atoms with Crippen LogP contribution in [0.3, 0.4) is 0 Å². The van der Waals surface area contributed by atoms with Crippen molar-refractivity contribution in [3.8, 4) is 0 Å². The van der Waals surface area contributed by atoms with E-state index < -0.39 is 0 Å². The number of quaternary nitrogens is 1. The van der Waals surface area contributed by atoms with Crippen LogP contribution < -0.4 is 0 Å². The molecule has 1 heteroatoms. The van der Waals surface area contributed by atoms with Gasteiger partial charge in [0.15, 0.2) is 0 Å². The second kappa shape index (κ2) is 22.7. The van der Waals surface area contributed by atoms with Gasteiger partial charge in [-0.05, 0) is 37.8 Å². The van der Waals surface area contributed by atoms with Gasteiger partial charge in [0.1, 0.15) is 13.1 Å². The van der Waals surface area contributed by atoms with Crippen LogP contribution in [0.1, 0.15) is 141 Å². The smallest absolute Gasteiger partial charge is 0.113 e. The van der Waals surface area contributed by atoms with Crippen LogP contribution in [0.25, 0.3) is 0 Å². The van der Waals surface area contributed by atoms with Gasteiger partial charge in [-0.3, -0.25) is 4.48 Å². The first-order valence-electron chi connectivity index (χ1n) is 16.6. The summed E-state index contributed by atoms with van der Waals surface area (Å²) in [6.45, 7) is 6.59. The quantitative estimate of drug-likeness (QED) is 0.0935. The number of allylic oxidation sites excluding steroid dienone is 2. The molecule has 0 unspecified atom stereocenters. The van der Waals surface area contributed by atoms with E-state index in [2.05, 4.69) is 99.1 Å². The summed E-state index contributed by atoms with van der Waals surface area (Å²) >= 11 is 0. The summed E-state index contributed by atoms with van der Waals surface area (Å²) in [6, 6.07) is 22.1. The van der Waals surface area contributed by atoms with Crippen LogP contribution in [-0.2, 0) is 13.1 Å². The SMILES string of the molecule is CCCCCCCCCC/C=C\[N+](/C=C/CCCCCCCCCC)(Cc1ccccc1)Cc1ccccc1. The van der Waals surface area contributed by atoms with Crippen molar-refractivity contribution in [3.05, 3.63) is 96.3 Å². The minimum atomic E-state index is 0.863. The Morgan fingerprint density at radius 3 is 1.13 bits per heavy atom. The highest BCUT2D eigenvalue weighted by atomic mass is 15.3. The molecule has 2 aromatic rings. The lowest BCUT2D eigenvalue weighted by Crippen LogP contribution is -2.35. The summed E-state index contributed by atoms with van der Waals surface area (Å²) < 4.78 is 0.863. The van der Waals surface area contributed by atoms with E-state index in [-0.39, 0.29) is 0 Å². The molecule has 0 radical (unpaired) electrons. The van der Waals surface area contributed by atoms with Crippen molar-refractivity contribution in [1.82, 2.24) is 0 Å². The zero-order chi connectivity index (χ0) is 27.7. The molecule has 0 saturated carbocycles. The van der Waals surface area contributed by atoms with E-state index in [0.717, 1.165) is 17.6 Å². The lowest BCUT2D eigenvalue weighted by atomic mass is 10.1. The summed E-state index contributed by atoms with van der Waals surface area (Å²) in [4.78, 5) is 0. The molecule has 39 heavy (non-hydrogen) atoms. The van der Waals surface area contributed by atoms with Gasteiger partial charge in [-0.15, -0.1) is 0 Å². The predicted molar refractivity (Wildman–Crippen MR) is 173 cm³/mol. The standard InChI is InChI=1S/C38H60N/c1-3-5-7-9-11-13-15-17-19-27-33-39(35-37-29-23-21-24-30-37,36-38-31-25-22-26-32-38)34-28-20-18-16-14-12-10-8-6-4-2/h21-34H,3-20,35-36H2,1-2H3/q+1/b33-27-,34-28+. The minimum absolute atomic E-state index is 0.863. The Morgan fingerprint density at radius 2 is 0.769 bits per heavy atom. The summed E-state index contributed by atoms with van der Waals surface area (Å²) in [5, 5.41) is 0. The molecule has 216 valence electrons.